The minimum Gasteiger partial charge on any atom is -0.359 e. The molecule has 6 heteroatoms. The van der Waals surface area contributed by atoms with Gasteiger partial charge in [-0.1, -0.05) is 11.6 Å². The molecule has 0 saturated heterocycles. The maximum absolute atomic E-state index is 12.8. The van der Waals surface area contributed by atoms with Crippen molar-refractivity contribution in [1.29, 1.82) is 0 Å². The van der Waals surface area contributed by atoms with E-state index in [4.69, 9.17) is 17.3 Å². The largest absolute Gasteiger partial charge is 0.405 e. The fourth-order valence-electron chi connectivity index (χ4n) is 2.33. The summed E-state index contributed by atoms with van der Waals surface area (Å²) in [7, 11) is 0. The molecule has 1 saturated carbocycles. The number of anilines is 1. The summed E-state index contributed by atoms with van der Waals surface area (Å²) < 4.78 is 38.3. The summed E-state index contributed by atoms with van der Waals surface area (Å²) >= 11 is 5.95. The Kier molecular flexibility index (Phi) is 4.49. The average molecular weight is 307 g/mol. The minimum absolute atomic E-state index is 0.0235. The fourth-order valence-corrected chi connectivity index (χ4v) is 2.53. The maximum Gasteiger partial charge on any atom is 0.405 e. The van der Waals surface area contributed by atoms with Crippen molar-refractivity contribution in [3.8, 4) is 0 Å². The minimum atomic E-state index is -4.21. The number of hydrogen-bond acceptors (Lipinski definition) is 2. The Labute approximate surface area is 121 Å². The molecule has 0 aliphatic heterocycles. The Bertz CT molecular complexity index is 470. The fraction of sp³-hybridized carbons (Fsp3) is 0.571. The third-order valence-corrected chi connectivity index (χ3v) is 3.47. The maximum atomic E-state index is 12.8. The van der Waals surface area contributed by atoms with Crippen molar-refractivity contribution in [3.63, 3.8) is 0 Å². The Hall–Kier alpha value is -0.940. The van der Waals surface area contributed by atoms with E-state index in [1.54, 1.807) is 18.2 Å². The Morgan fingerprint density at radius 2 is 2.05 bits per heavy atom. The van der Waals surface area contributed by atoms with Crippen molar-refractivity contribution in [2.75, 3.05) is 11.4 Å². The van der Waals surface area contributed by atoms with E-state index >= 15 is 0 Å². The second-order valence-corrected chi connectivity index (χ2v) is 5.87. The van der Waals surface area contributed by atoms with Gasteiger partial charge < -0.3 is 10.6 Å². The monoisotopic (exact) mass is 306 g/mol. The van der Waals surface area contributed by atoms with Gasteiger partial charge in [-0.05, 0) is 49.9 Å². The van der Waals surface area contributed by atoms with Gasteiger partial charge >= 0.3 is 6.18 Å². The van der Waals surface area contributed by atoms with Gasteiger partial charge in [0, 0.05) is 22.8 Å². The van der Waals surface area contributed by atoms with Crippen molar-refractivity contribution >= 4 is 17.3 Å². The van der Waals surface area contributed by atoms with Crippen LogP contribution in [0.2, 0.25) is 5.02 Å². The standard InChI is InChI=1S/C14H18ClF3N2/c1-9(19)6-10-7-11(15)2-5-13(10)20(12-3-4-12)8-14(16,17)18/h2,5,7,9,12H,3-4,6,8,19H2,1H3. The molecule has 2 rings (SSSR count). The number of nitrogens with two attached hydrogens (primary N) is 1. The van der Waals surface area contributed by atoms with E-state index in [0.29, 0.717) is 17.1 Å². The van der Waals surface area contributed by atoms with E-state index in [1.165, 1.54) is 4.90 Å². The highest BCUT2D eigenvalue weighted by atomic mass is 35.5. The molecule has 0 radical (unpaired) electrons. The third-order valence-electron chi connectivity index (χ3n) is 3.23. The highest BCUT2D eigenvalue weighted by molar-refractivity contribution is 6.30. The molecule has 1 aromatic carbocycles. The quantitative estimate of drug-likeness (QED) is 0.897. The van der Waals surface area contributed by atoms with Gasteiger partial charge in [-0.15, -0.1) is 0 Å². The van der Waals surface area contributed by atoms with E-state index in [1.807, 2.05) is 6.92 Å². The summed E-state index contributed by atoms with van der Waals surface area (Å²) in [6.07, 6.45) is -2.10. The van der Waals surface area contributed by atoms with Crippen LogP contribution < -0.4 is 10.6 Å². The smallest absolute Gasteiger partial charge is 0.359 e. The van der Waals surface area contributed by atoms with E-state index in [9.17, 15) is 13.2 Å². The molecule has 1 unspecified atom stereocenters. The molecule has 1 aromatic rings. The van der Waals surface area contributed by atoms with Crippen LogP contribution in [0.1, 0.15) is 25.3 Å². The molecular formula is C14H18ClF3N2. The lowest BCUT2D eigenvalue weighted by Crippen LogP contribution is -2.37. The first-order valence-electron chi connectivity index (χ1n) is 6.63. The lowest BCUT2D eigenvalue weighted by atomic mass is 10.0. The zero-order valence-electron chi connectivity index (χ0n) is 11.3. The summed E-state index contributed by atoms with van der Waals surface area (Å²) in [6, 6.07) is 4.87. The second-order valence-electron chi connectivity index (χ2n) is 5.43. The van der Waals surface area contributed by atoms with Crippen molar-refractivity contribution < 1.29 is 13.2 Å². The van der Waals surface area contributed by atoms with Crippen molar-refractivity contribution in [2.45, 2.75) is 44.4 Å². The summed E-state index contributed by atoms with van der Waals surface area (Å²) in [6.45, 7) is 0.904. The van der Waals surface area contributed by atoms with Crippen LogP contribution in [0.15, 0.2) is 18.2 Å². The first-order chi connectivity index (χ1) is 9.26. The molecule has 0 heterocycles. The molecule has 0 bridgehead atoms. The Balaban J connectivity index is 2.32. The molecular weight excluding hydrogens is 289 g/mol. The summed E-state index contributed by atoms with van der Waals surface area (Å²) in [5.74, 6) is 0. The van der Waals surface area contributed by atoms with Gasteiger partial charge in [0.05, 0.1) is 0 Å². The van der Waals surface area contributed by atoms with Crippen LogP contribution in [0, 0.1) is 0 Å². The van der Waals surface area contributed by atoms with E-state index in [2.05, 4.69) is 0 Å². The zero-order chi connectivity index (χ0) is 14.9. The number of nitrogens with zero attached hydrogens (tertiary/aromatic N) is 1. The third kappa shape index (κ3) is 4.28. The summed E-state index contributed by atoms with van der Waals surface area (Å²) in [5.41, 5.74) is 7.16. The van der Waals surface area contributed by atoms with Gasteiger partial charge in [-0.3, -0.25) is 0 Å². The number of halogens is 4. The topological polar surface area (TPSA) is 29.3 Å². The Morgan fingerprint density at radius 1 is 1.40 bits per heavy atom. The number of rotatable bonds is 5. The van der Waals surface area contributed by atoms with Gasteiger partial charge in [0.15, 0.2) is 0 Å². The SMILES string of the molecule is CC(N)Cc1cc(Cl)ccc1N(CC(F)(F)F)C1CC1. The summed E-state index contributed by atoms with van der Waals surface area (Å²) in [4.78, 5) is 1.44. The van der Waals surface area contributed by atoms with E-state index in [-0.39, 0.29) is 12.1 Å². The Morgan fingerprint density at radius 3 is 2.55 bits per heavy atom. The van der Waals surface area contributed by atoms with E-state index < -0.39 is 12.7 Å². The predicted molar refractivity (Wildman–Crippen MR) is 75.2 cm³/mol. The van der Waals surface area contributed by atoms with Crippen molar-refractivity contribution in [2.24, 2.45) is 5.73 Å². The molecule has 0 amide bonds. The van der Waals surface area contributed by atoms with Crippen LogP contribution in [-0.4, -0.2) is 24.8 Å². The van der Waals surface area contributed by atoms with Gasteiger partial charge in [0.2, 0.25) is 0 Å². The zero-order valence-corrected chi connectivity index (χ0v) is 12.0. The van der Waals surface area contributed by atoms with Gasteiger partial charge in [0.25, 0.3) is 0 Å². The first kappa shape index (κ1) is 15.4. The molecule has 112 valence electrons. The highest BCUT2D eigenvalue weighted by Crippen LogP contribution is 2.37. The van der Waals surface area contributed by atoms with Crippen LogP contribution in [0.5, 0.6) is 0 Å². The number of benzene rings is 1. The normalized spacial score (nSPS) is 17.1. The molecule has 0 aromatic heterocycles. The van der Waals surface area contributed by atoms with Crippen LogP contribution in [0.25, 0.3) is 0 Å². The lowest BCUT2D eigenvalue weighted by Gasteiger charge is -2.28. The van der Waals surface area contributed by atoms with Crippen LogP contribution in [0.3, 0.4) is 0 Å². The second kappa shape index (κ2) is 5.82. The molecule has 1 fully saturated rings. The van der Waals surface area contributed by atoms with E-state index in [0.717, 1.165) is 18.4 Å². The lowest BCUT2D eigenvalue weighted by molar-refractivity contribution is -0.120. The number of alkyl halides is 3. The molecule has 1 aliphatic rings. The van der Waals surface area contributed by atoms with Gasteiger partial charge in [0.1, 0.15) is 6.54 Å². The summed E-state index contributed by atoms with van der Waals surface area (Å²) in [5, 5.41) is 0.521. The van der Waals surface area contributed by atoms with Crippen LogP contribution >= 0.6 is 11.6 Å². The molecule has 1 atom stereocenters. The van der Waals surface area contributed by atoms with Crippen LogP contribution in [-0.2, 0) is 6.42 Å². The molecule has 20 heavy (non-hydrogen) atoms. The number of hydrogen-bond donors (Lipinski definition) is 1. The van der Waals surface area contributed by atoms with Gasteiger partial charge in [-0.25, -0.2) is 0 Å². The van der Waals surface area contributed by atoms with Crippen molar-refractivity contribution in [1.82, 2.24) is 0 Å². The molecule has 0 spiro atoms. The predicted octanol–water partition coefficient (Wildman–Crippen LogP) is 3.76. The molecule has 2 nitrogen and oxygen atoms in total. The molecule has 1 aliphatic carbocycles. The molecule has 2 N–H and O–H groups in total. The first-order valence-corrected chi connectivity index (χ1v) is 7.01. The van der Waals surface area contributed by atoms with Crippen LogP contribution in [0.4, 0.5) is 18.9 Å². The van der Waals surface area contributed by atoms with Gasteiger partial charge in [-0.2, -0.15) is 13.2 Å². The van der Waals surface area contributed by atoms with Crippen molar-refractivity contribution in [3.05, 3.63) is 28.8 Å². The highest BCUT2D eigenvalue weighted by Gasteiger charge is 2.38. The average Bonchev–Trinajstić information content (AvgIpc) is 3.08.